The highest BCUT2D eigenvalue weighted by Crippen LogP contribution is 2.18. The molecule has 2 rings (SSSR count). The van der Waals surface area contributed by atoms with E-state index in [-0.39, 0.29) is 16.5 Å². The van der Waals surface area contributed by atoms with Crippen LogP contribution in [0.5, 0.6) is 5.75 Å². The lowest BCUT2D eigenvalue weighted by molar-refractivity contribution is 0.0774. The van der Waals surface area contributed by atoms with Gasteiger partial charge < -0.3 is 9.64 Å². The fraction of sp³-hybridized carbons (Fsp3) is 0.235. The average molecular weight is 322 g/mol. The zero-order valence-corrected chi connectivity index (χ0v) is 13.2. The van der Waals surface area contributed by atoms with Gasteiger partial charge in [0.05, 0.1) is 17.1 Å². The van der Waals surface area contributed by atoms with E-state index in [0.717, 1.165) is 17.4 Å². The van der Waals surface area contributed by atoms with Gasteiger partial charge in [-0.15, -0.1) is 0 Å². The van der Waals surface area contributed by atoms with E-state index >= 15 is 0 Å². The minimum absolute atomic E-state index is 0.108. The van der Waals surface area contributed by atoms with Gasteiger partial charge in [-0.25, -0.2) is 4.39 Å². The number of carbonyl (C=O) groups excluding carboxylic acids is 1. The van der Waals surface area contributed by atoms with Crippen LogP contribution in [0.1, 0.15) is 15.9 Å². The first-order chi connectivity index (χ1) is 10.5. The Morgan fingerprint density at radius 3 is 2.55 bits per heavy atom. The highest BCUT2D eigenvalue weighted by molar-refractivity contribution is 6.33. The average Bonchev–Trinajstić information content (AvgIpc) is 2.48. The van der Waals surface area contributed by atoms with Crippen molar-refractivity contribution < 1.29 is 13.9 Å². The van der Waals surface area contributed by atoms with Gasteiger partial charge in [-0.05, 0) is 37.3 Å². The van der Waals surface area contributed by atoms with E-state index in [1.165, 1.54) is 17.0 Å². The van der Waals surface area contributed by atoms with E-state index in [0.29, 0.717) is 13.2 Å². The maximum atomic E-state index is 13.0. The smallest absolute Gasteiger partial charge is 0.255 e. The van der Waals surface area contributed by atoms with Gasteiger partial charge in [0.25, 0.3) is 5.91 Å². The molecule has 5 heteroatoms. The third-order valence-electron chi connectivity index (χ3n) is 3.22. The van der Waals surface area contributed by atoms with E-state index in [1.54, 1.807) is 7.05 Å². The third-order valence-corrected chi connectivity index (χ3v) is 3.54. The molecule has 0 N–H and O–H groups in total. The van der Waals surface area contributed by atoms with Gasteiger partial charge in [0.1, 0.15) is 18.2 Å². The third kappa shape index (κ3) is 4.21. The molecule has 0 heterocycles. The van der Waals surface area contributed by atoms with Crippen molar-refractivity contribution in [2.45, 2.75) is 6.92 Å². The number of rotatable bonds is 5. The maximum Gasteiger partial charge on any atom is 0.255 e. The number of hydrogen-bond donors (Lipinski definition) is 0. The van der Waals surface area contributed by atoms with Crippen LogP contribution in [0.4, 0.5) is 4.39 Å². The molecule has 0 saturated heterocycles. The highest BCUT2D eigenvalue weighted by Gasteiger charge is 2.15. The number of carbonyl (C=O) groups is 1. The van der Waals surface area contributed by atoms with Crippen LogP contribution in [0.25, 0.3) is 0 Å². The van der Waals surface area contributed by atoms with E-state index in [1.807, 2.05) is 31.2 Å². The summed E-state index contributed by atoms with van der Waals surface area (Å²) in [4.78, 5) is 13.7. The second-order valence-corrected chi connectivity index (χ2v) is 5.42. The molecule has 0 aliphatic rings. The molecule has 0 spiro atoms. The van der Waals surface area contributed by atoms with Crippen LogP contribution in [0.3, 0.4) is 0 Å². The lowest BCUT2D eigenvalue weighted by Gasteiger charge is -2.18. The summed E-state index contributed by atoms with van der Waals surface area (Å²) in [6, 6.07) is 11.4. The fourth-order valence-corrected chi connectivity index (χ4v) is 2.15. The van der Waals surface area contributed by atoms with Crippen LogP contribution in [0, 0.1) is 12.7 Å². The van der Waals surface area contributed by atoms with Crippen molar-refractivity contribution in [3.05, 3.63) is 64.4 Å². The quantitative estimate of drug-likeness (QED) is 0.835. The second-order valence-electron chi connectivity index (χ2n) is 5.01. The topological polar surface area (TPSA) is 29.5 Å². The summed E-state index contributed by atoms with van der Waals surface area (Å²) >= 11 is 5.89. The van der Waals surface area contributed by atoms with Crippen molar-refractivity contribution in [3.8, 4) is 5.75 Å². The largest absolute Gasteiger partial charge is 0.492 e. The van der Waals surface area contributed by atoms with Crippen LogP contribution in [0.15, 0.2) is 42.5 Å². The summed E-state index contributed by atoms with van der Waals surface area (Å²) in [5.41, 5.74) is 1.44. The monoisotopic (exact) mass is 321 g/mol. The molecule has 22 heavy (non-hydrogen) atoms. The molecular formula is C17H17ClFNO2. The van der Waals surface area contributed by atoms with Crippen LogP contribution in [-0.4, -0.2) is 31.0 Å². The lowest BCUT2D eigenvalue weighted by Crippen LogP contribution is -2.31. The summed E-state index contributed by atoms with van der Waals surface area (Å²) in [5, 5.41) is 0.108. The van der Waals surface area contributed by atoms with Gasteiger partial charge in [0.15, 0.2) is 0 Å². The Hall–Kier alpha value is -2.07. The summed E-state index contributed by atoms with van der Waals surface area (Å²) in [5.74, 6) is 0.0238. The zero-order chi connectivity index (χ0) is 16.1. The first kappa shape index (κ1) is 16.3. The Kier molecular flexibility index (Phi) is 5.39. The number of nitrogens with zero attached hydrogens (tertiary/aromatic N) is 1. The molecule has 0 bridgehead atoms. The Morgan fingerprint density at radius 1 is 1.23 bits per heavy atom. The summed E-state index contributed by atoms with van der Waals surface area (Å²) in [6.45, 7) is 2.77. The van der Waals surface area contributed by atoms with Gasteiger partial charge in [-0.2, -0.15) is 0 Å². The number of aryl methyl sites for hydroxylation is 1. The van der Waals surface area contributed by atoms with Crippen molar-refractivity contribution >= 4 is 17.5 Å². The number of hydrogen-bond acceptors (Lipinski definition) is 2. The molecule has 0 aliphatic carbocycles. The van der Waals surface area contributed by atoms with Gasteiger partial charge in [-0.1, -0.05) is 29.3 Å². The van der Waals surface area contributed by atoms with Crippen molar-refractivity contribution in [2.75, 3.05) is 20.2 Å². The Morgan fingerprint density at radius 2 is 1.91 bits per heavy atom. The van der Waals surface area contributed by atoms with E-state index in [9.17, 15) is 9.18 Å². The van der Waals surface area contributed by atoms with Gasteiger partial charge in [0.2, 0.25) is 0 Å². The normalized spacial score (nSPS) is 10.4. The number of amides is 1. The van der Waals surface area contributed by atoms with Crippen LogP contribution in [-0.2, 0) is 0 Å². The molecule has 0 aliphatic heterocycles. The second kappa shape index (κ2) is 7.27. The van der Waals surface area contributed by atoms with Crippen molar-refractivity contribution in [2.24, 2.45) is 0 Å². The van der Waals surface area contributed by atoms with Crippen molar-refractivity contribution in [3.63, 3.8) is 0 Å². The van der Waals surface area contributed by atoms with Crippen molar-refractivity contribution in [1.29, 1.82) is 0 Å². The van der Waals surface area contributed by atoms with E-state index < -0.39 is 5.82 Å². The zero-order valence-electron chi connectivity index (χ0n) is 12.5. The molecule has 0 fully saturated rings. The SMILES string of the molecule is Cc1ccc(OCCN(C)C(=O)c2ccc(F)cc2Cl)cc1. The predicted molar refractivity (Wildman–Crippen MR) is 85.0 cm³/mol. The lowest BCUT2D eigenvalue weighted by atomic mass is 10.2. The standard InChI is InChI=1S/C17H17ClFNO2/c1-12-3-6-14(7-4-12)22-10-9-20(2)17(21)15-8-5-13(19)11-16(15)18/h3-8,11H,9-10H2,1-2H3. The molecule has 0 unspecified atom stereocenters. The maximum absolute atomic E-state index is 13.0. The number of halogens is 2. The minimum Gasteiger partial charge on any atom is -0.492 e. The van der Waals surface area contributed by atoms with Gasteiger partial charge in [-0.3, -0.25) is 4.79 Å². The number of ether oxygens (including phenoxy) is 1. The molecule has 2 aromatic carbocycles. The highest BCUT2D eigenvalue weighted by atomic mass is 35.5. The van der Waals surface area contributed by atoms with E-state index in [4.69, 9.17) is 16.3 Å². The Bertz CT molecular complexity index is 658. The molecule has 3 nitrogen and oxygen atoms in total. The molecular weight excluding hydrogens is 305 g/mol. The Labute approximate surface area is 134 Å². The van der Waals surface area contributed by atoms with Crippen LogP contribution >= 0.6 is 11.6 Å². The van der Waals surface area contributed by atoms with Crippen LogP contribution < -0.4 is 4.74 Å². The molecule has 0 atom stereocenters. The van der Waals surface area contributed by atoms with Crippen molar-refractivity contribution in [1.82, 2.24) is 4.90 Å². The summed E-state index contributed by atoms with van der Waals surface area (Å²) in [7, 11) is 1.65. The fourth-order valence-electron chi connectivity index (χ4n) is 1.91. The summed E-state index contributed by atoms with van der Waals surface area (Å²) in [6.07, 6.45) is 0. The molecule has 0 radical (unpaired) electrons. The Balaban J connectivity index is 1.90. The van der Waals surface area contributed by atoms with E-state index in [2.05, 4.69) is 0 Å². The molecule has 1 amide bonds. The number of benzene rings is 2. The molecule has 116 valence electrons. The van der Waals surface area contributed by atoms with Gasteiger partial charge >= 0.3 is 0 Å². The number of likely N-dealkylation sites (N-methyl/N-ethyl adjacent to an activating group) is 1. The molecule has 0 saturated carbocycles. The molecule has 0 aromatic heterocycles. The molecule has 2 aromatic rings. The van der Waals surface area contributed by atoms with Gasteiger partial charge in [0, 0.05) is 7.05 Å². The first-order valence-electron chi connectivity index (χ1n) is 6.87. The minimum atomic E-state index is -0.466. The first-order valence-corrected chi connectivity index (χ1v) is 7.25. The summed E-state index contributed by atoms with van der Waals surface area (Å²) < 4.78 is 18.6. The van der Waals surface area contributed by atoms with Crippen LogP contribution in [0.2, 0.25) is 5.02 Å². The predicted octanol–water partition coefficient (Wildman–Crippen LogP) is 3.94.